The van der Waals surface area contributed by atoms with Gasteiger partial charge in [0.15, 0.2) is 9.84 Å². The Bertz CT molecular complexity index is 435. The normalized spacial score (nSPS) is 14.1. The number of aliphatic hydroxyl groups excluding tert-OH is 1. The second-order valence-corrected chi connectivity index (χ2v) is 6.73. The van der Waals surface area contributed by atoms with Crippen molar-refractivity contribution in [3.63, 3.8) is 0 Å². The molecule has 0 aliphatic rings. The maximum atomic E-state index is 11.8. The van der Waals surface area contributed by atoms with Gasteiger partial charge >= 0.3 is 0 Å². The molecule has 1 N–H and O–H groups in total. The van der Waals surface area contributed by atoms with Crippen molar-refractivity contribution >= 4 is 22.5 Å². The van der Waals surface area contributed by atoms with E-state index < -0.39 is 21.2 Å². The number of hydrogen-bond acceptors (Lipinski definition) is 4. The summed E-state index contributed by atoms with van der Waals surface area (Å²) in [6.45, 7) is 3.29. The number of rotatable bonds is 4. The van der Waals surface area contributed by atoms with Crippen LogP contribution in [0.5, 0.6) is 0 Å². The Labute approximate surface area is 102 Å². The highest BCUT2D eigenvalue weighted by Gasteiger charge is 2.19. The molecular weight excluding hydrogens is 244 g/mol. The molecule has 1 unspecified atom stereocenters. The van der Waals surface area contributed by atoms with Crippen LogP contribution in [0.1, 0.15) is 25.5 Å². The molecule has 0 spiro atoms. The third-order valence-corrected chi connectivity index (χ3v) is 4.90. The van der Waals surface area contributed by atoms with Gasteiger partial charge in [0.25, 0.3) is 0 Å². The minimum atomic E-state index is -3.23. The van der Waals surface area contributed by atoms with Gasteiger partial charge in [0.2, 0.25) is 0 Å². The predicted molar refractivity (Wildman–Crippen MR) is 67.6 cm³/mol. The number of aliphatic hydroxyl groups is 1. The molecule has 1 atom stereocenters. The van der Waals surface area contributed by atoms with E-state index in [1.165, 1.54) is 12.1 Å². The van der Waals surface area contributed by atoms with Crippen LogP contribution in [-0.2, 0) is 9.84 Å². The molecule has 1 aromatic rings. The minimum Gasteiger partial charge on any atom is -0.388 e. The zero-order valence-electron chi connectivity index (χ0n) is 9.29. The van der Waals surface area contributed by atoms with Gasteiger partial charge in [-0.1, -0.05) is 12.1 Å². The van der Waals surface area contributed by atoms with Gasteiger partial charge in [-0.15, -0.1) is 0 Å². The first-order chi connectivity index (χ1) is 7.39. The number of thiol groups is 1. The van der Waals surface area contributed by atoms with Gasteiger partial charge < -0.3 is 5.11 Å². The maximum Gasteiger partial charge on any atom is 0.180 e. The highest BCUT2D eigenvalue weighted by Crippen LogP contribution is 2.20. The van der Waals surface area contributed by atoms with Crippen LogP contribution in [0.2, 0.25) is 0 Å². The number of sulfone groups is 1. The first-order valence-electron chi connectivity index (χ1n) is 5.02. The zero-order chi connectivity index (χ0) is 12.3. The largest absolute Gasteiger partial charge is 0.388 e. The second kappa shape index (κ2) is 5.21. The second-order valence-electron chi connectivity index (χ2n) is 3.86. The van der Waals surface area contributed by atoms with Crippen LogP contribution in [0.15, 0.2) is 29.2 Å². The Morgan fingerprint density at radius 2 is 1.75 bits per heavy atom. The van der Waals surface area contributed by atoms with Crippen LogP contribution in [0, 0.1) is 0 Å². The maximum absolute atomic E-state index is 11.8. The van der Waals surface area contributed by atoms with Crippen molar-refractivity contribution in [3.8, 4) is 0 Å². The molecule has 5 heteroatoms. The van der Waals surface area contributed by atoms with Crippen LogP contribution >= 0.6 is 12.6 Å². The molecule has 0 heterocycles. The zero-order valence-corrected chi connectivity index (χ0v) is 11.0. The molecule has 16 heavy (non-hydrogen) atoms. The molecule has 1 aromatic carbocycles. The van der Waals surface area contributed by atoms with Gasteiger partial charge in [0, 0.05) is 5.75 Å². The van der Waals surface area contributed by atoms with E-state index in [4.69, 9.17) is 0 Å². The van der Waals surface area contributed by atoms with Gasteiger partial charge in [-0.05, 0) is 31.5 Å². The summed E-state index contributed by atoms with van der Waals surface area (Å²) >= 11 is 3.97. The van der Waals surface area contributed by atoms with E-state index in [1.54, 1.807) is 26.0 Å². The highest BCUT2D eigenvalue weighted by molar-refractivity contribution is 7.92. The summed E-state index contributed by atoms with van der Waals surface area (Å²) in [4.78, 5) is 0.289. The lowest BCUT2D eigenvalue weighted by Crippen LogP contribution is -2.14. The molecule has 0 aliphatic carbocycles. The molecule has 0 aliphatic heterocycles. The summed E-state index contributed by atoms with van der Waals surface area (Å²) in [5.41, 5.74) is 0.678. The van der Waals surface area contributed by atoms with Gasteiger partial charge in [0.1, 0.15) is 0 Å². The van der Waals surface area contributed by atoms with Gasteiger partial charge in [0.05, 0.1) is 16.2 Å². The Morgan fingerprint density at radius 1 is 1.25 bits per heavy atom. The molecule has 0 aromatic heterocycles. The molecule has 0 fully saturated rings. The van der Waals surface area contributed by atoms with Crippen LogP contribution in [0.4, 0.5) is 0 Å². The van der Waals surface area contributed by atoms with Crippen LogP contribution in [0.25, 0.3) is 0 Å². The first-order valence-corrected chi connectivity index (χ1v) is 7.20. The van der Waals surface area contributed by atoms with E-state index in [0.29, 0.717) is 11.3 Å². The minimum absolute atomic E-state index is 0.289. The summed E-state index contributed by atoms with van der Waals surface area (Å²) in [5.74, 6) is 0.316. The van der Waals surface area contributed by atoms with Crippen LogP contribution < -0.4 is 0 Å². The van der Waals surface area contributed by atoms with E-state index in [-0.39, 0.29) is 4.90 Å². The molecule has 0 bridgehead atoms. The predicted octanol–water partition coefficient (Wildman–Crippen LogP) is 1.83. The number of hydrogen-bond donors (Lipinski definition) is 2. The molecular formula is C11H16O3S2. The fourth-order valence-electron chi connectivity index (χ4n) is 1.26. The standard InChI is InChI=1S/C11H16O3S2/c1-8(2)16(13,14)10-5-3-9(4-6-10)11(12)7-15/h3-6,8,11-12,15H,7H2,1-2H3. The van der Waals surface area contributed by atoms with E-state index in [1.807, 2.05) is 0 Å². The van der Waals surface area contributed by atoms with Crippen molar-refractivity contribution in [2.24, 2.45) is 0 Å². The summed E-state index contributed by atoms with van der Waals surface area (Å²) < 4.78 is 23.6. The Kier molecular flexibility index (Phi) is 4.41. The third-order valence-electron chi connectivity index (χ3n) is 2.39. The molecule has 90 valence electrons. The molecule has 0 amide bonds. The smallest absolute Gasteiger partial charge is 0.180 e. The summed E-state index contributed by atoms with van der Waals surface area (Å²) in [7, 11) is -3.23. The van der Waals surface area contributed by atoms with Crippen molar-refractivity contribution in [3.05, 3.63) is 29.8 Å². The Balaban J connectivity index is 3.05. The highest BCUT2D eigenvalue weighted by atomic mass is 32.2. The number of benzene rings is 1. The summed E-state index contributed by atoms with van der Waals surface area (Å²) in [6, 6.07) is 6.29. The molecule has 1 rings (SSSR count). The lowest BCUT2D eigenvalue weighted by molar-refractivity contribution is 0.204. The fourth-order valence-corrected chi connectivity index (χ4v) is 2.53. The summed E-state index contributed by atoms with van der Waals surface area (Å²) in [6.07, 6.45) is -0.654. The van der Waals surface area contributed by atoms with Crippen molar-refractivity contribution in [2.45, 2.75) is 30.1 Å². The van der Waals surface area contributed by atoms with Crippen molar-refractivity contribution in [2.75, 3.05) is 5.75 Å². The van der Waals surface area contributed by atoms with E-state index in [2.05, 4.69) is 12.6 Å². The topological polar surface area (TPSA) is 54.4 Å². The molecule has 3 nitrogen and oxygen atoms in total. The average Bonchev–Trinajstić information content (AvgIpc) is 2.28. The monoisotopic (exact) mass is 260 g/mol. The van der Waals surface area contributed by atoms with Gasteiger partial charge in [-0.25, -0.2) is 8.42 Å². The van der Waals surface area contributed by atoms with Crippen LogP contribution in [0.3, 0.4) is 0 Å². The van der Waals surface area contributed by atoms with E-state index in [9.17, 15) is 13.5 Å². The molecule has 0 radical (unpaired) electrons. The first kappa shape index (κ1) is 13.5. The third kappa shape index (κ3) is 2.78. The Morgan fingerprint density at radius 3 is 2.12 bits per heavy atom. The van der Waals surface area contributed by atoms with Crippen molar-refractivity contribution in [1.29, 1.82) is 0 Å². The fraction of sp³-hybridized carbons (Fsp3) is 0.455. The van der Waals surface area contributed by atoms with E-state index in [0.717, 1.165) is 0 Å². The molecule has 0 saturated carbocycles. The summed E-state index contributed by atoms with van der Waals surface area (Å²) in [5, 5.41) is 9.07. The molecule has 0 saturated heterocycles. The van der Waals surface area contributed by atoms with Crippen molar-refractivity contribution in [1.82, 2.24) is 0 Å². The van der Waals surface area contributed by atoms with Gasteiger partial charge in [-0.3, -0.25) is 0 Å². The lowest BCUT2D eigenvalue weighted by atomic mass is 10.1. The average molecular weight is 260 g/mol. The van der Waals surface area contributed by atoms with Crippen molar-refractivity contribution < 1.29 is 13.5 Å². The SMILES string of the molecule is CC(C)S(=O)(=O)c1ccc(C(O)CS)cc1. The quantitative estimate of drug-likeness (QED) is 0.812. The lowest BCUT2D eigenvalue weighted by Gasteiger charge is -2.10. The van der Waals surface area contributed by atoms with E-state index >= 15 is 0 Å². The van der Waals surface area contributed by atoms with Crippen LogP contribution in [-0.4, -0.2) is 24.5 Å². The Hall–Kier alpha value is -0.520. The van der Waals surface area contributed by atoms with Gasteiger partial charge in [-0.2, -0.15) is 12.6 Å².